The predicted molar refractivity (Wildman–Crippen MR) is 87.0 cm³/mol. The summed E-state index contributed by atoms with van der Waals surface area (Å²) in [6, 6.07) is 0. The largest absolute Gasteiger partial charge is 0.459 e. The van der Waals surface area contributed by atoms with E-state index < -0.39 is 10.8 Å². The van der Waals surface area contributed by atoms with Gasteiger partial charge in [-0.3, -0.25) is 9.00 Å². The van der Waals surface area contributed by atoms with E-state index in [1.165, 1.54) is 6.92 Å². The van der Waals surface area contributed by atoms with Crippen LogP contribution in [0.4, 0.5) is 0 Å². The lowest BCUT2D eigenvalue weighted by Gasteiger charge is -2.29. The molecule has 1 fully saturated rings. The summed E-state index contributed by atoms with van der Waals surface area (Å²) in [5, 5.41) is 0. The third-order valence-electron chi connectivity index (χ3n) is 2.88. The molecular weight excluding hydrogens is 300 g/mol. The highest BCUT2D eigenvalue weighted by molar-refractivity contribution is 7.88. The Morgan fingerprint density at radius 2 is 2.18 bits per heavy atom. The molecule has 5 heteroatoms. The Morgan fingerprint density at radius 1 is 1.41 bits per heavy atom. The number of carbonyl (C=O) groups excluding carboxylic acids is 1. The lowest BCUT2D eigenvalue weighted by atomic mass is 10.0. The summed E-state index contributed by atoms with van der Waals surface area (Å²) in [5.41, 5.74) is 0. The van der Waals surface area contributed by atoms with Crippen molar-refractivity contribution in [2.75, 3.05) is 12.9 Å². The predicted octanol–water partition coefficient (Wildman–Crippen LogP) is 1.94. The third-order valence-corrected chi connectivity index (χ3v) is 3.80. The van der Waals surface area contributed by atoms with Crippen molar-refractivity contribution in [3.05, 3.63) is 23.1 Å². The minimum Gasteiger partial charge on any atom is -0.459 e. The Labute approximate surface area is 134 Å². The quantitative estimate of drug-likeness (QED) is 0.451. The summed E-state index contributed by atoms with van der Waals surface area (Å²) in [6.45, 7) is 3.70. The van der Waals surface area contributed by atoms with E-state index in [-0.39, 0.29) is 18.2 Å². The van der Waals surface area contributed by atoms with E-state index >= 15 is 0 Å². The maximum absolute atomic E-state index is 11.7. The fourth-order valence-corrected chi connectivity index (χ4v) is 2.41. The number of esters is 1. The second-order valence-corrected chi connectivity index (χ2v) is 6.01. The van der Waals surface area contributed by atoms with E-state index in [1.807, 2.05) is 0 Å². The number of rotatable bonds is 4. The molecule has 0 bridgehead atoms. The van der Waals surface area contributed by atoms with Crippen LogP contribution in [0.15, 0.2) is 23.1 Å². The van der Waals surface area contributed by atoms with Crippen LogP contribution in [0.25, 0.3) is 0 Å². The van der Waals surface area contributed by atoms with Crippen LogP contribution >= 0.6 is 0 Å². The Bertz CT molecular complexity index is 596. The SMILES string of the molecule is CC#CC#C/C=C(\C=C\[C@@H]1OCCC[C@H]1OC(C)=O)[S@@](C)=O. The summed E-state index contributed by atoms with van der Waals surface area (Å²) in [5.74, 6) is 10.3. The van der Waals surface area contributed by atoms with Gasteiger partial charge in [-0.2, -0.15) is 0 Å². The van der Waals surface area contributed by atoms with E-state index in [0.29, 0.717) is 11.5 Å². The van der Waals surface area contributed by atoms with Crippen LogP contribution in [0, 0.1) is 23.7 Å². The van der Waals surface area contributed by atoms with Crippen LogP contribution in [0.3, 0.4) is 0 Å². The van der Waals surface area contributed by atoms with Crippen molar-refractivity contribution in [3.63, 3.8) is 0 Å². The molecule has 22 heavy (non-hydrogen) atoms. The number of carbonyl (C=O) groups is 1. The van der Waals surface area contributed by atoms with Crippen molar-refractivity contribution < 1.29 is 18.5 Å². The molecule has 0 aromatic heterocycles. The molecule has 0 amide bonds. The van der Waals surface area contributed by atoms with Crippen molar-refractivity contribution in [2.24, 2.45) is 0 Å². The van der Waals surface area contributed by atoms with Gasteiger partial charge in [-0.05, 0) is 37.7 Å². The van der Waals surface area contributed by atoms with Crippen molar-refractivity contribution in [1.29, 1.82) is 0 Å². The second-order valence-electron chi connectivity index (χ2n) is 4.63. The molecule has 0 aliphatic carbocycles. The number of hydrogen-bond acceptors (Lipinski definition) is 4. The summed E-state index contributed by atoms with van der Waals surface area (Å²) in [6.07, 6.45) is 7.61. The highest BCUT2D eigenvalue weighted by Gasteiger charge is 2.26. The Morgan fingerprint density at radius 3 is 2.82 bits per heavy atom. The van der Waals surface area contributed by atoms with Crippen LogP contribution < -0.4 is 0 Å². The van der Waals surface area contributed by atoms with Crippen molar-refractivity contribution in [1.82, 2.24) is 0 Å². The second kappa shape index (κ2) is 10.00. The zero-order valence-corrected chi connectivity index (χ0v) is 13.9. The minimum absolute atomic E-state index is 0.300. The molecule has 1 rings (SSSR count). The topological polar surface area (TPSA) is 52.6 Å². The van der Waals surface area contributed by atoms with Crippen molar-refractivity contribution >= 4 is 16.8 Å². The van der Waals surface area contributed by atoms with Gasteiger partial charge in [0, 0.05) is 30.8 Å². The normalized spacial score (nSPS) is 23.0. The zero-order chi connectivity index (χ0) is 16.4. The third kappa shape index (κ3) is 6.76. The van der Waals surface area contributed by atoms with Crippen molar-refractivity contribution in [3.8, 4) is 23.7 Å². The summed E-state index contributed by atoms with van der Waals surface area (Å²) < 4.78 is 22.6. The first kappa shape index (κ1) is 18.2. The number of allylic oxidation sites excluding steroid dienone is 2. The molecule has 0 N–H and O–H groups in total. The average Bonchev–Trinajstić information content (AvgIpc) is 2.47. The lowest BCUT2D eigenvalue weighted by Crippen LogP contribution is -2.36. The molecule has 0 saturated carbocycles. The Hall–Kier alpha value is -1.82. The lowest BCUT2D eigenvalue weighted by molar-refractivity contribution is -0.157. The van der Waals surface area contributed by atoms with Gasteiger partial charge in [-0.15, -0.1) is 0 Å². The van der Waals surface area contributed by atoms with E-state index in [9.17, 15) is 9.00 Å². The Kier molecular flexibility index (Phi) is 8.28. The van der Waals surface area contributed by atoms with Gasteiger partial charge in [0.25, 0.3) is 0 Å². The van der Waals surface area contributed by atoms with Crippen LogP contribution in [0.2, 0.25) is 0 Å². The number of ether oxygens (including phenoxy) is 2. The monoisotopic (exact) mass is 320 g/mol. The molecule has 1 heterocycles. The summed E-state index contributed by atoms with van der Waals surface area (Å²) in [7, 11) is -1.17. The highest BCUT2D eigenvalue weighted by Crippen LogP contribution is 2.19. The molecule has 4 nitrogen and oxygen atoms in total. The fraction of sp³-hybridized carbons (Fsp3) is 0.471. The van der Waals surface area contributed by atoms with Gasteiger partial charge < -0.3 is 9.47 Å². The molecule has 0 aromatic rings. The van der Waals surface area contributed by atoms with Crippen LogP contribution in [-0.2, 0) is 25.1 Å². The van der Waals surface area contributed by atoms with Gasteiger partial charge in [-0.25, -0.2) is 0 Å². The van der Waals surface area contributed by atoms with Gasteiger partial charge in [0.2, 0.25) is 0 Å². The molecule has 1 saturated heterocycles. The maximum atomic E-state index is 11.7. The van der Waals surface area contributed by atoms with E-state index in [4.69, 9.17) is 9.47 Å². The standard InChI is InChI=1S/C17H20O4S/c1-4-5-6-7-9-15(22(3)19)11-12-16-17(21-14(2)18)10-8-13-20-16/h9,11-12,16-17H,8,10,13H2,1-3H3/b12-11+,15-9+/t16-,17+,22+/m0/s1. The van der Waals surface area contributed by atoms with Gasteiger partial charge in [0.15, 0.2) is 0 Å². The van der Waals surface area contributed by atoms with Gasteiger partial charge in [-0.1, -0.05) is 17.9 Å². The summed E-state index contributed by atoms with van der Waals surface area (Å²) in [4.78, 5) is 11.7. The van der Waals surface area contributed by atoms with Gasteiger partial charge in [0.1, 0.15) is 12.2 Å². The van der Waals surface area contributed by atoms with Gasteiger partial charge >= 0.3 is 5.97 Å². The molecule has 1 aliphatic rings. The summed E-state index contributed by atoms with van der Waals surface area (Å²) >= 11 is 0. The van der Waals surface area contributed by atoms with Crippen molar-refractivity contribution in [2.45, 2.75) is 38.9 Å². The first-order valence-electron chi connectivity index (χ1n) is 6.97. The molecule has 0 aromatic carbocycles. The van der Waals surface area contributed by atoms with E-state index in [1.54, 1.807) is 31.4 Å². The van der Waals surface area contributed by atoms with E-state index in [0.717, 1.165) is 12.8 Å². The fourth-order valence-electron chi connectivity index (χ4n) is 1.92. The molecule has 0 spiro atoms. The molecule has 0 unspecified atom stereocenters. The first-order valence-corrected chi connectivity index (χ1v) is 8.53. The van der Waals surface area contributed by atoms with Crippen LogP contribution in [0.1, 0.15) is 26.7 Å². The molecule has 118 valence electrons. The molecule has 0 radical (unpaired) electrons. The highest BCUT2D eigenvalue weighted by atomic mass is 32.2. The number of hydrogen-bond donors (Lipinski definition) is 0. The van der Waals surface area contributed by atoms with Crippen LogP contribution in [-0.4, -0.2) is 35.2 Å². The van der Waals surface area contributed by atoms with Crippen LogP contribution in [0.5, 0.6) is 0 Å². The minimum atomic E-state index is -1.17. The van der Waals surface area contributed by atoms with Gasteiger partial charge in [0.05, 0.1) is 10.8 Å². The molecule has 1 aliphatic heterocycles. The maximum Gasteiger partial charge on any atom is 0.303 e. The molecular formula is C17H20O4S. The zero-order valence-electron chi connectivity index (χ0n) is 13.0. The average molecular weight is 320 g/mol. The molecule has 3 atom stereocenters. The van der Waals surface area contributed by atoms with E-state index in [2.05, 4.69) is 23.7 Å². The smallest absolute Gasteiger partial charge is 0.303 e. The Balaban J connectivity index is 2.83. The first-order chi connectivity index (χ1) is 10.5.